The summed E-state index contributed by atoms with van der Waals surface area (Å²) in [7, 11) is 1.58. The van der Waals surface area contributed by atoms with E-state index in [1.165, 1.54) is 6.20 Å². The number of anilines is 1. The third-order valence-electron chi connectivity index (χ3n) is 2.05. The summed E-state index contributed by atoms with van der Waals surface area (Å²) in [6, 6.07) is 5.26. The molecule has 0 spiro atoms. The lowest BCUT2D eigenvalue weighted by molar-refractivity contribution is 0.416. The molecule has 0 fully saturated rings. The van der Waals surface area contributed by atoms with E-state index in [1.807, 2.05) is 0 Å². The smallest absolute Gasteiger partial charge is 0.230 e. The van der Waals surface area contributed by atoms with E-state index in [9.17, 15) is 0 Å². The Balaban J connectivity index is 2.60. The van der Waals surface area contributed by atoms with Crippen LogP contribution in [0.1, 0.15) is 0 Å². The molecule has 0 bridgehead atoms. The zero-order chi connectivity index (χ0) is 10.8. The molecule has 2 aromatic rings. The van der Waals surface area contributed by atoms with Gasteiger partial charge in [-0.2, -0.15) is 0 Å². The average molecular weight is 225 g/mol. The monoisotopic (exact) mass is 224 g/mol. The number of hydrogen-bond acceptors (Lipinski definition) is 4. The van der Waals surface area contributed by atoms with Crippen LogP contribution in [0.25, 0.3) is 11.1 Å². The van der Waals surface area contributed by atoms with Crippen molar-refractivity contribution in [2.24, 2.45) is 0 Å². The summed E-state index contributed by atoms with van der Waals surface area (Å²) in [4.78, 5) is 0. The van der Waals surface area contributed by atoms with Gasteiger partial charge in [0, 0.05) is 10.6 Å². The molecule has 0 atom stereocenters. The van der Waals surface area contributed by atoms with Crippen molar-refractivity contribution in [1.29, 1.82) is 0 Å². The second-order valence-corrected chi connectivity index (χ2v) is 3.38. The van der Waals surface area contributed by atoms with Gasteiger partial charge in [-0.05, 0) is 18.2 Å². The lowest BCUT2D eigenvalue weighted by Gasteiger charge is -2.06. The Kier molecular flexibility index (Phi) is 2.51. The summed E-state index contributed by atoms with van der Waals surface area (Å²) < 4.78 is 9.98. The number of benzene rings is 1. The molecule has 4 nitrogen and oxygen atoms in total. The fourth-order valence-corrected chi connectivity index (χ4v) is 1.51. The van der Waals surface area contributed by atoms with Crippen LogP contribution >= 0.6 is 11.6 Å². The predicted molar refractivity (Wildman–Crippen MR) is 57.9 cm³/mol. The Hall–Kier alpha value is -1.68. The van der Waals surface area contributed by atoms with Crippen LogP contribution in [-0.2, 0) is 0 Å². The maximum atomic E-state index is 5.90. The summed E-state index contributed by atoms with van der Waals surface area (Å²) in [5, 5.41) is 4.21. The van der Waals surface area contributed by atoms with Gasteiger partial charge in [0.2, 0.25) is 5.88 Å². The minimum Gasteiger partial charge on any atom is -0.496 e. The molecule has 1 aromatic heterocycles. The molecule has 2 rings (SSSR count). The third-order valence-corrected chi connectivity index (χ3v) is 2.29. The quantitative estimate of drug-likeness (QED) is 0.852. The van der Waals surface area contributed by atoms with Crippen LogP contribution < -0.4 is 10.5 Å². The zero-order valence-electron chi connectivity index (χ0n) is 8.03. The highest BCUT2D eigenvalue weighted by Crippen LogP contribution is 2.35. The van der Waals surface area contributed by atoms with Gasteiger partial charge in [-0.15, -0.1) is 0 Å². The largest absolute Gasteiger partial charge is 0.496 e. The molecule has 0 aliphatic rings. The molecule has 1 aromatic carbocycles. The number of nitrogens with two attached hydrogens (primary N) is 1. The Morgan fingerprint density at radius 3 is 2.80 bits per heavy atom. The fourth-order valence-electron chi connectivity index (χ4n) is 1.34. The van der Waals surface area contributed by atoms with E-state index in [2.05, 4.69) is 5.16 Å². The first-order valence-corrected chi connectivity index (χ1v) is 4.64. The van der Waals surface area contributed by atoms with Crippen molar-refractivity contribution in [3.8, 4) is 16.9 Å². The van der Waals surface area contributed by atoms with Gasteiger partial charge in [0.1, 0.15) is 5.75 Å². The van der Waals surface area contributed by atoms with Gasteiger partial charge in [0.05, 0.1) is 18.9 Å². The highest BCUT2D eigenvalue weighted by atomic mass is 35.5. The van der Waals surface area contributed by atoms with Gasteiger partial charge in [0.25, 0.3) is 0 Å². The maximum Gasteiger partial charge on any atom is 0.230 e. The average Bonchev–Trinajstić information content (AvgIpc) is 2.64. The van der Waals surface area contributed by atoms with Gasteiger partial charge in [0.15, 0.2) is 0 Å². The second-order valence-electron chi connectivity index (χ2n) is 2.95. The number of hydrogen-bond donors (Lipinski definition) is 1. The Bertz CT molecular complexity index is 482. The Labute approximate surface area is 91.6 Å². The number of methoxy groups -OCH3 is 1. The van der Waals surface area contributed by atoms with Crippen molar-refractivity contribution in [2.75, 3.05) is 12.8 Å². The summed E-state index contributed by atoms with van der Waals surface area (Å²) >= 11 is 5.90. The van der Waals surface area contributed by atoms with Gasteiger partial charge >= 0.3 is 0 Å². The standard InChI is InChI=1S/C10H9ClN2O2/c1-14-9-3-2-6(11)4-7(9)8-5-13-15-10(8)12/h2-5H,12H2,1H3. The fraction of sp³-hybridized carbons (Fsp3) is 0.100. The van der Waals surface area contributed by atoms with Gasteiger partial charge in [-0.25, -0.2) is 0 Å². The molecule has 2 N–H and O–H groups in total. The molecule has 0 saturated carbocycles. The molecule has 1 heterocycles. The SMILES string of the molecule is COc1ccc(Cl)cc1-c1cnoc1N. The normalized spacial score (nSPS) is 10.3. The van der Waals surface area contributed by atoms with Gasteiger partial charge < -0.3 is 15.0 Å². The van der Waals surface area contributed by atoms with Crippen LogP contribution in [0.2, 0.25) is 5.02 Å². The highest BCUT2D eigenvalue weighted by molar-refractivity contribution is 6.31. The van der Waals surface area contributed by atoms with E-state index in [0.717, 1.165) is 5.56 Å². The summed E-state index contributed by atoms with van der Waals surface area (Å²) in [6.07, 6.45) is 1.53. The van der Waals surface area contributed by atoms with Crippen LogP contribution in [-0.4, -0.2) is 12.3 Å². The van der Waals surface area contributed by atoms with Crippen molar-refractivity contribution in [3.63, 3.8) is 0 Å². The predicted octanol–water partition coefficient (Wildman–Crippen LogP) is 2.59. The lowest BCUT2D eigenvalue weighted by atomic mass is 10.1. The zero-order valence-corrected chi connectivity index (χ0v) is 8.78. The van der Waals surface area contributed by atoms with E-state index >= 15 is 0 Å². The third kappa shape index (κ3) is 1.76. The van der Waals surface area contributed by atoms with Crippen molar-refractivity contribution in [2.45, 2.75) is 0 Å². The number of nitrogen functional groups attached to an aromatic ring is 1. The molecule has 0 aliphatic heterocycles. The Morgan fingerprint density at radius 2 is 2.20 bits per heavy atom. The van der Waals surface area contributed by atoms with E-state index in [4.69, 9.17) is 26.6 Å². The number of rotatable bonds is 2. The molecular formula is C10H9ClN2O2. The molecule has 78 valence electrons. The topological polar surface area (TPSA) is 61.3 Å². The first-order chi connectivity index (χ1) is 7.22. The minimum absolute atomic E-state index is 0.246. The number of aromatic nitrogens is 1. The van der Waals surface area contributed by atoms with Crippen LogP contribution in [0.4, 0.5) is 5.88 Å². The van der Waals surface area contributed by atoms with E-state index < -0.39 is 0 Å². The van der Waals surface area contributed by atoms with Crippen molar-refractivity contribution < 1.29 is 9.26 Å². The number of nitrogens with zero attached hydrogens (tertiary/aromatic N) is 1. The first-order valence-electron chi connectivity index (χ1n) is 4.26. The van der Waals surface area contributed by atoms with Crippen molar-refractivity contribution >= 4 is 17.5 Å². The van der Waals surface area contributed by atoms with Crippen LogP contribution in [0.5, 0.6) is 5.75 Å². The molecule has 0 aliphatic carbocycles. The molecule has 0 saturated heterocycles. The maximum absolute atomic E-state index is 5.90. The van der Waals surface area contributed by atoms with Crippen molar-refractivity contribution in [3.05, 3.63) is 29.4 Å². The van der Waals surface area contributed by atoms with E-state index in [-0.39, 0.29) is 5.88 Å². The summed E-state index contributed by atoms with van der Waals surface area (Å²) in [5.74, 6) is 0.921. The molecule has 0 radical (unpaired) electrons. The van der Waals surface area contributed by atoms with Gasteiger partial charge in [-0.3, -0.25) is 0 Å². The first kappa shape index (κ1) is 9.86. The summed E-state index contributed by atoms with van der Waals surface area (Å²) in [5.41, 5.74) is 7.06. The number of ether oxygens (including phenoxy) is 1. The minimum atomic E-state index is 0.246. The van der Waals surface area contributed by atoms with E-state index in [0.29, 0.717) is 16.3 Å². The van der Waals surface area contributed by atoms with Crippen molar-refractivity contribution in [1.82, 2.24) is 5.16 Å². The lowest BCUT2D eigenvalue weighted by Crippen LogP contribution is -1.90. The summed E-state index contributed by atoms with van der Waals surface area (Å²) in [6.45, 7) is 0. The van der Waals surface area contributed by atoms with Crippen LogP contribution in [0.3, 0.4) is 0 Å². The van der Waals surface area contributed by atoms with Gasteiger partial charge in [-0.1, -0.05) is 16.8 Å². The molecule has 0 amide bonds. The molecular weight excluding hydrogens is 216 g/mol. The molecule has 0 unspecified atom stereocenters. The number of halogens is 1. The van der Waals surface area contributed by atoms with Crippen LogP contribution in [0, 0.1) is 0 Å². The second kappa shape index (κ2) is 3.82. The van der Waals surface area contributed by atoms with E-state index in [1.54, 1.807) is 25.3 Å². The van der Waals surface area contributed by atoms with Crippen LogP contribution in [0.15, 0.2) is 28.9 Å². The highest BCUT2D eigenvalue weighted by Gasteiger charge is 2.12. The molecule has 5 heteroatoms. The molecule has 15 heavy (non-hydrogen) atoms. The Morgan fingerprint density at radius 1 is 1.40 bits per heavy atom.